The van der Waals surface area contributed by atoms with E-state index in [1.54, 1.807) is 18.2 Å². The topological polar surface area (TPSA) is 55.1 Å². The maximum atomic E-state index is 12.9. The Morgan fingerprint density at radius 3 is 2.45 bits per heavy atom. The van der Waals surface area contributed by atoms with Crippen LogP contribution in [0.2, 0.25) is 5.02 Å². The van der Waals surface area contributed by atoms with Crippen LogP contribution in [0.4, 0.5) is 10.1 Å². The van der Waals surface area contributed by atoms with E-state index in [-0.39, 0.29) is 5.82 Å². The van der Waals surface area contributed by atoms with Crippen molar-refractivity contribution in [1.29, 1.82) is 0 Å². The zero-order chi connectivity index (χ0) is 14.7. The molecule has 0 bridgehead atoms. The zero-order valence-corrected chi connectivity index (χ0v) is 12.6. The van der Waals surface area contributed by atoms with Gasteiger partial charge in [-0.1, -0.05) is 17.7 Å². The molecule has 2 rings (SSSR count). The van der Waals surface area contributed by atoms with E-state index in [1.807, 2.05) is 0 Å². The van der Waals surface area contributed by atoms with Gasteiger partial charge >= 0.3 is 0 Å². The van der Waals surface area contributed by atoms with Crippen LogP contribution in [0, 0.1) is 5.82 Å². The first kappa shape index (κ1) is 14.8. The first-order chi connectivity index (χ1) is 9.47. The molecule has 0 aliphatic heterocycles. The summed E-state index contributed by atoms with van der Waals surface area (Å²) in [6, 6.07) is 10.0. The van der Waals surface area contributed by atoms with Gasteiger partial charge in [0, 0.05) is 10.2 Å². The number of anilines is 1. The van der Waals surface area contributed by atoms with Crippen molar-refractivity contribution in [2.45, 2.75) is 6.04 Å². The van der Waals surface area contributed by atoms with Crippen LogP contribution in [0.1, 0.15) is 11.6 Å². The summed E-state index contributed by atoms with van der Waals surface area (Å²) in [5, 5.41) is 3.43. The maximum Gasteiger partial charge on any atom is 0.244 e. The number of carbonyl (C=O) groups excluding carboxylic acids is 1. The fraction of sp³-hybridized carbons (Fsp3) is 0.0714. The number of halogens is 3. The highest BCUT2D eigenvalue weighted by molar-refractivity contribution is 9.10. The van der Waals surface area contributed by atoms with Crippen molar-refractivity contribution in [2.75, 3.05) is 5.32 Å². The molecule has 0 aliphatic carbocycles. The standard InChI is InChI=1S/C14H11BrClFN2O/c15-11-6-1-8(7-12(11)16)13(14(18)20)19-10-4-2-9(17)3-5-10/h1-7,13,19H,(H2,18,20). The Hall–Kier alpha value is -1.59. The van der Waals surface area contributed by atoms with E-state index in [9.17, 15) is 9.18 Å². The number of nitrogens with two attached hydrogens (primary N) is 1. The molecule has 0 saturated heterocycles. The number of carbonyl (C=O) groups is 1. The molecule has 1 amide bonds. The highest BCUT2D eigenvalue weighted by Crippen LogP contribution is 2.27. The average molecular weight is 358 g/mol. The molecule has 2 aromatic rings. The van der Waals surface area contributed by atoms with Gasteiger partial charge in [-0.3, -0.25) is 4.79 Å². The molecule has 3 nitrogen and oxygen atoms in total. The fourth-order valence-electron chi connectivity index (χ4n) is 1.72. The molecular formula is C14H11BrClFN2O. The summed E-state index contributed by atoms with van der Waals surface area (Å²) in [5.74, 6) is -0.898. The second kappa shape index (κ2) is 6.24. The van der Waals surface area contributed by atoms with Crippen molar-refractivity contribution in [3.63, 3.8) is 0 Å². The Balaban J connectivity index is 2.29. The van der Waals surface area contributed by atoms with Crippen LogP contribution < -0.4 is 11.1 Å². The molecule has 0 heterocycles. The normalized spacial score (nSPS) is 11.9. The van der Waals surface area contributed by atoms with Gasteiger partial charge in [0.25, 0.3) is 0 Å². The Bertz CT molecular complexity index is 634. The summed E-state index contributed by atoms with van der Waals surface area (Å²) in [6.07, 6.45) is 0. The Morgan fingerprint density at radius 2 is 1.90 bits per heavy atom. The van der Waals surface area contributed by atoms with E-state index in [2.05, 4.69) is 21.2 Å². The minimum Gasteiger partial charge on any atom is -0.370 e. The highest BCUT2D eigenvalue weighted by atomic mass is 79.9. The summed E-state index contributed by atoms with van der Waals surface area (Å²) in [4.78, 5) is 11.6. The van der Waals surface area contributed by atoms with Gasteiger partial charge < -0.3 is 11.1 Å². The third kappa shape index (κ3) is 3.49. The van der Waals surface area contributed by atoms with Gasteiger partial charge in [0.2, 0.25) is 5.91 Å². The number of amides is 1. The van der Waals surface area contributed by atoms with Gasteiger partial charge in [-0.25, -0.2) is 4.39 Å². The zero-order valence-electron chi connectivity index (χ0n) is 10.2. The summed E-state index contributed by atoms with van der Waals surface area (Å²) in [6.45, 7) is 0. The quantitative estimate of drug-likeness (QED) is 0.872. The largest absolute Gasteiger partial charge is 0.370 e. The summed E-state index contributed by atoms with van der Waals surface area (Å²) in [7, 11) is 0. The first-order valence-corrected chi connectivity index (χ1v) is 6.91. The minimum atomic E-state index is -0.744. The van der Waals surface area contributed by atoms with Gasteiger partial charge in [-0.2, -0.15) is 0 Å². The molecule has 104 valence electrons. The van der Waals surface area contributed by atoms with Crippen LogP contribution in [0.5, 0.6) is 0 Å². The first-order valence-electron chi connectivity index (χ1n) is 5.74. The summed E-state index contributed by atoms with van der Waals surface area (Å²) in [5.41, 5.74) is 6.63. The lowest BCUT2D eigenvalue weighted by molar-refractivity contribution is -0.118. The molecular weight excluding hydrogens is 347 g/mol. The van der Waals surface area contributed by atoms with Crippen molar-refractivity contribution in [3.8, 4) is 0 Å². The number of primary amides is 1. The number of nitrogens with one attached hydrogen (secondary N) is 1. The predicted molar refractivity (Wildman–Crippen MR) is 81.1 cm³/mol. The van der Waals surface area contributed by atoms with E-state index in [0.717, 1.165) is 4.47 Å². The van der Waals surface area contributed by atoms with Crippen LogP contribution in [-0.2, 0) is 4.79 Å². The second-order valence-corrected chi connectivity index (χ2v) is 5.42. The minimum absolute atomic E-state index is 0.349. The Kier molecular flexibility index (Phi) is 4.62. The van der Waals surface area contributed by atoms with Crippen LogP contribution in [-0.4, -0.2) is 5.91 Å². The van der Waals surface area contributed by atoms with E-state index >= 15 is 0 Å². The fourth-order valence-corrected chi connectivity index (χ4v) is 2.16. The van der Waals surface area contributed by atoms with Crippen LogP contribution in [0.3, 0.4) is 0 Å². The van der Waals surface area contributed by atoms with Crippen molar-refractivity contribution in [2.24, 2.45) is 5.73 Å². The molecule has 20 heavy (non-hydrogen) atoms. The molecule has 2 aromatic carbocycles. The molecule has 0 fully saturated rings. The number of hydrogen-bond acceptors (Lipinski definition) is 2. The lowest BCUT2D eigenvalue weighted by atomic mass is 10.1. The number of benzene rings is 2. The smallest absolute Gasteiger partial charge is 0.244 e. The van der Waals surface area contributed by atoms with Gasteiger partial charge in [0.05, 0.1) is 5.02 Å². The third-order valence-electron chi connectivity index (χ3n) is 2.72. The Morgan fingerprint density at radius 1 is 1.25 bits per heavy atom. The molecule has 3 N–H and O–H groups in total. The number of rotatable bonds is 4. The van der Waals surface area contributed by atoms with Crippen molar-refractivity contribution >= 4 is 39.1 Å². The molecule has 0 aliphatic rings. The van der Waals surface area contributed by atoms with Crippen LogP contribution in [0.25, 0.3) is 0 Å². The third-order valence-corrected chi connectivity index (χ3v) is 3.95. The van der Waals surface area contributed by atoms with Gasteiger partial charge in [-0.15, -0.1) is 0 Å². The van der Waals surface area contributed by atoms with Crippen LogP contribution in [0.15, 0.2) is 46.9 Å². The second-order valence-electron chi connectivity index (χ2n) is 4.16. The van der Waals surface area contributed by atoms with E-state index in [4.69, 9.17) is 17.3 Å². The molecule has 1 atom stereocenters. The monoisotopic (exact) mass is 356 g/mol. The predicted octanol–water partition coefficient (Wildman–Crippen LogP) is 3.88. The SMILES string of the molecule is NC(=O)C(Nc1ccc(F)cc1)c1ccc(Br)c(Cl)c1. The van der Waals surface area contributed by atoms with Gasteiger partial charge in [0.15, 0.2) is 0 Å². The van der Waals surface area contributed by atoms with E-state index < -0.39 is 11.9 Å². The van der Waals surface area contributed by atoms with E-state index in [0.29, 0.717) is 16.3 Å². The van der Waals surface area contributed by atoms with E-state index in [1.165, 1.54) is 24.3 Å². The van der Waals surface area contributed by atoms with Gasteiger partial charge in [0.1, 0.15) is 11.9 Å². The average Bonchev–Trinajstić information content (AvgIpc) is 2.41. The molecule has 1 unspecified atom stereocenters. The van der Waals surface area contributed by atoms with Crippen molar-refractivity contribution in [1.82, 2.24) is 0 Å². The number of hydrogen-bond donors (Lipinski definition) is 2. The lowest BCUT2D eigenvalue weighted by Gasteiger charge is -2.17. The highest BCUT2D eigenvalue weighted by Gasteiger charge is 2.18. The summed E-state index contributed by atoms with van der Waals surface area (Å²) >= 11 is 9.29. The maximum absolute atomic E-state index is 12.9. The molecule has 6 heteroatoms. The summed E-state index contributed by atoms with van der Waals surface area (Å²) < 4.78 is 13.6. The van der Waals surface area contributed by atoms with Gasteiger partial charge in [-0.05, 0) is 57.9 Å². The molecule has 0 aromatic heterocycles. The molecule has 0 radical (unpaired) electrons. The van der Waals surface area contributed by atoms with Crippen molar-refractivity contribution in [3.05, 3.63) is 63.3 Å². The van der Waals surface area contributed by atoms with Crippen molar-refractivity contribution < 1.29 is 9.18 Å². The molecule has 0 spiro atoms. The molecule has 0 saturated carbocycles. The van der Waals surface area contributed by atoms with Crippen LogP contribution >= 0.6 is 27.5 Å². The lowest BCUT2D eigenvalue weighted by Crippen LogP contribution is -2.27. The Labute approximate surface area is 129 Å².